The van der Waals surface area contributed by atoms with E-state index < -0.39 is 0 Å². The summed E-state index contributed by atoms with van der Waals surface area (Å²) in [7, 11) is 0. The molecule has 0 spiro atoms. The van der Waals surface area contributed by atoms with E-state index in [1.807, 2.05) is 0 Å². The topological polar surface area (TPSA) is 20.2 Å². The number of aliphatic hydroxyl groups excluding tert-OH is 1. The first-order chi connectivity index (χ1) is 7.76. The zero-order valence-electron chi connectivity index (χ0n) is 10.6. The Hall–Kier alpha value is -0.820. The Balaban J connectivity index is 2.26. The van der Waals surface area contributed by atoms with Crippen LogP contribution >= 0.6 is 0 Å². The van der Waals surface area contributed by atoms with Gasteiger partial charge in [0.15, 0.2) is 0 Å². The van der Waals surface area contributed by atoms with E-state index in [0.717, 1.165) is 38.5 Å². The molecule has 0 aliphatic carbocycles. The van der Waals surface area contributed by atoms with Crippen LogP contribution in [0.2, 0.25) is 0 Å². The van der Waals surface area contributed by atoms with Crippen molar-refractivity contribution < 1.29 is 5.11 Å². The summed E-state index contributed by atoms with van der Waals surface area (Å²) in [6, 6.07) is 8.84. The fraction of sp³-hybridized carbons (Fsp3) is 0.600. The van der Waals surface area contributed by atoms with Crippen molar-refractivity contribution in [3.63, 3.8) is 0 Å². The van der Waals surface area contributed by atoms with Gasteiger partial charge in [-0.3, -0.25) is 0 Å². The van der Waals surface area contributed by atoms with Crippen molar-refractivity contribution in [2.75, 3.05) is 0 Å². The van der Waals surface area contributed by atoms with Gasteiger partial charge in [0.25, 0.3) is 0 Å². The van der Waals surface area contributed by atoms with Gasteiger partial charge in [-0.2, -0.15) is 0 Å². The number of hydrogen-bond acceptors (Lipinski definition) is 1. The summed E-state index contributed by atoms with van der Waals surface area (Å²) in [4.78, 5) is 0. The summed E-state index contributed by atoms with van der Waals surface area (Å²) in [6.45, 7) is 4.29. The van der Waals surface area contributed by atoms with Gasteiger partial charge in [0, 0.05) is 0 Å². The van der Waals surface area contributed by atoms with Crippen molar-refractivity contribution in [1.82, 2.24) is 0 Å². The van der Waals surface area contributed by atoms with Crippen LogP contribution < -0.4 is 0 Å². The van der Waals surface area contributed by atoms with E-state index in [2.05, 4.69) is 38.1 Å². The Morgan fingerprint density at radius 2 is 1.62 bits per heavy atom. The first-order valence-electron chi connectivity index (χ1n) is 6.52. The summed E-state index contributed by atoms with van der Waals surface area (Å²) in [5.74, 6) is 0. The molecule has 1 heteroatoms. The SMILES string of the molecule is CCCC(O)CCCc1ccc(CC)cc1. The highest BCUT2D eigenvalue weighted by atomic mass is 16.3. The summed E-state index contributed by atoms with van der Waals surface area (Å²) in [5.41, 5.74) is 2.79. The first kappa shape index (κ1) is 13.2. The molecule has 1 unspecified atom stereocenters. The zero-order valence-corrected chi connectivity index (χ0v) is 10.6. The van der Waals surface area contributed by atoms with Crippen LogP contribution in [-0.2, 0) is 12.8 Å². The maximum Gasteiger partial charge on any atom is 0.0540 e. The van der Waals surface area contributed by atoms with Crippen LogP contribution in [0.5, 0.6) is 0 Å². The number of hydrogen-bond donors (Lipinski definition) is 1. The van der Waals surface area contributed by atoms with Crippen LogP contribution in [0.15, 0.2) is 24.3 Å². The molecule has 1 nitrogen and oxygen atoms in total. The van der Waals surface area contributed by atoms with Crippen LogP contribution in [0.1, 0.15) is 50.7 Å². The molecule has 16 heavy (non-hydrogen) atoms. The maximum absolute atomic E-state index is 9.61. The lowest BCUT2D eigenvalue weighted by Crippen LogP contribution is -2.05. The molecule has 0 saturated heterocycles. The lowest BCUT2D eigenvalue weighted by molar-refractivity contribution is 0.151. The fourth-order valence-electron chi connectivity index (χ4n) is 1.96. The van der Waals surface area contributed by atoms with Crippen molar-refractivity contribution in [2.45, 2.75) is 58.5 Å². The molecule has 0 bridgehead atoms. The minimum Gasteiger partial charge on any atom is -0.393 e. The summed E-state index contributed by atoms with van der Waals surface area (Å²) in [5, 5.41) is 9.61. The van der Waals surface area contributed by atoms with Crippen molar-refractivity contribution in [3.05, 3.63) is 35.4 Å². The van der Waals surface area contributed by atoms with Gasteiger partial charge in [0.2, 0.25) is 0 Å². The van der Waals surface area contributed by atoms with E-state index in [0.29, 0.717) is 0 Å². The molecule has 90 valence electrons. The van der Waals surface area contributed by atoms with Crippen molar-refractivity contribution in [3.8, 4) is 0 Å². The third kappa shape index (κ3) is 4.80. The Morgan fingerprint density at radius 3 is 2.19 bits per heavy atom. The van der Waals surface area contributed by atoms with Gasteiger partial charge in [0.1, 0.15) is 0 Å². The van der Waals surface area contributed by atoms with Gasteiger partial charge in [-0.25, -0.2) is 0 Å². The van der Waals surface area contributed by atoms with Gasteiger partial charge in [-0.15, -0.1) is 0 Å². The summed E-state index contributed by atoms with van der Waals surface area (Å²) < 4.78 is 0. The van der Waals surface area contributed by atoms with Crippen molar-refractivity contribution >= 4 is 0 Å². The minimum absolute atomic E-state index is 0.0973. The number of aryl methyl sites for hydroxylation is 2. The van der Waals surface area contributed by atoms with Crippen LogP contribution in [0.25, 0.3) is 0 Å². The summed E-state index contributed by atoms with van der Waals surface area (Å²) in [6.07, 6.45) is 6.14. The standard InChI is InChI=1S/C15H24O/c1-3-6-15(16)8-5-7-14-11-9-13(4-2)10-12-14/h9-12,15-16H,3-8H2,1-2H3. The summed E-state index contributed by atoms with van der Waals surface area (Å²) >= 11 is 0. The first-order valence-corrected chi connectivity index (χ1v) is 6.52. The second kappa shape index (κ2) is 7.45. The molecule has 1 aromatic carbocycles. The minimum atomic E-state index is -0.0973. The molecule has 0 aliphatic rings. The Morgan fingerprint density at radius 1 is 1.00 bits per heavy atom. The van der Waals surface area contributed by atoms with Crippen LogP contribution in [-0.4, -0.2) is 11.2 Å². The Labute approximate surface area is 99.5 Å². The molecule has 0 aliphatic heterocycles. The fourth-order valence-corrected chi connectivity index (χ4v) is 1.96. The number of aliphatic hydroxyl groups is 1. The molecular weight excluding hydrogens is 196 g/mol. The van der Waals surface area contributed by atoms with Gasteiger partial charge in [0.05, 0.1) is 6.10 Å². The maximum atomic E-state index is 9.61. The van der Waals surface area contributed by atoms with E-state index in [1.165, 1.54) is 11.1 Å². The second-order valence-electron chi connectivity index (χ2n) is 4.50. The molecule has 1 N–H and O–H groups in total. The lowest BCUT2D eigenvalue weighted by Gasteiger charge is -2.08. The highest BCUT2D eigenvalue weighted by molar-refractivity contribution is 5.22. The Bertz CT molecular complexity index is 276. The highest BCUT2D eigenvalue weighted by Gasteiger charge is 2.02. The predicted octanol–water partition coefficient (Wildman–Crippen LogP) is 3.73. The van der Waals surface area contributed by atoms with Gasteiger partial charge in [-0.1, -0.05) is 44.5 Å². The molecule has 1 atom stereocenters. The largest absolute Gasteiger partial charge is 0.393 e. The van der Waals surface area contributed by atoms with Crippen molar-refractivity contribution in [2.24, 2.45) is 0 Å². The molecule has 0 heterocycles. The average Bonchev–Trinajstić information content (AvgIpc) is 2.30. The molecule has 0 radical (unpaired) electrons. The Kier molecular flexibility index (Phi) is 6.17. The molecule has 0 fully saturated rings. The number of rotatable bonds is 7. The third-order valence-electron chi connectivity index (χ3n) is 3.06. The van der Waals surface area contributed by atoms with Crippen LogP contribution in [0.3, 0.4) is 0 Å². The molecule has 0 saturated carbocycles. The molecular formula is C15H24O. The molecule has 0 aromatic heterocycles. The average molecular weight is 220 g/mol. The second-order valence-corrected chi connectivity index (χ2v) is 4.50. The quantitative estimate of drug-likeness (QED) is 0.742. The molecule has 0 amide bonds. The zero-order chi connectivity index (χ0) is 11.8. The van der Waals surface area contributed by atoms with Crippen molar-refractivity contribution in [1.29, 1.82) is 0 Å². The van der Waals surface area contributed by atoms with Gasteiger partial charge >= 0.3 is 0 Å². The lowest BCUT2D eigenvalue weighted by atomic mass is 10.0. The molecule has 1 rings (SSSR count). The van der Waals surface area contributed by atoms with E-state index in [1.54, 1.807) is 0 Å². The highest BCUT2D eigenvalue weighted by Crippen LogP contribution is 2.11. The smallest absolute Gasteiger partial charge is 0.0540 e. The van der Waals surface area contributed by atoms with Gasteiger partial charge in [-0.05, 0) is 43.2 Å². The van der Waals surface area contributed by atoms with E-state index in [4.69, 9.17) is 0 Å². The monoisotopic (exact) mass is 220 g/mol. The third-order valence-corrected chi connectivity index (χ3v) is 3.06. The van der Waals surface area contributed by atoms with Gasteiger partial charge < -0.3 is 5.11 Å². The number of benzene rings is 1. The molecule has 1 aromatic rings. The predicted molar refractivity (Wildman–Crippen MR) is 69.7 cm³/mol. The normalized spacial score (nSPS) is 12.7. The van der Waals surface area contributed by atoms with E-state index in [9.17, 15) is 5.11 Å². The van der Waals surface area contributed by atoms with Crippen LogP contribution in [0, 0.1) is 0 Å². The van der Waals surface area contributed by atoms with E-state index in [-0.39, 0.29) is 6.10 Å². The van der Waals surface area contributed by atoms with Crippen LogP contribution in [0.4, 0.5) is 0 Å². The van der Waals surface area contributed by atoms with E-state index >= 15 is 0 Å².